The van der Waals surface area contributed by atoms with Crippen molar-refractivity contribution in [2.45, 2.75) is 71.4 Å². The molecule has 0 spiro atoms. The lowest BCUT2D eigenvalue weighted by Gasteiger charge is -2.35. The van der Waals surface area contributed by atoms with E-state index in [0.717, 1.165) is 25.9 Å². The fourth-order valence-electron chi connectivity index (χ4n) is 2.98. The standard InChI is InChI=1S/C16H32N2O2/c1-4-11-17-15(16(19)20-6-3)10-13-18-12-8-7-9-14(18)5-2/h14-15,17H,4-13H2,1-3H3. The van der Waals surface area contributed by atoms with Crippen molar-refractivity contribution in [3.8, 4) is 0 Å². The molecule has 4 heteroatoms. The first-order chi connectivity index (χ1) is 9.72. The Bertz CT molecular complexity index is 271. The molecule has 1 heterocycles. The van der Waals surface area contributed by atoms with Crippen LogP contribution in [0.1, 0.15) is 59.3 Å². The fourth-order valence-corrected chi connectivity index (χ4v) is 2.98. The van der Waals surface area contributed by atoms with E-state index in [4.69, 9.17) is 4.74 Å². The van der Waals surface area contributed by atoms with Gasteiger partial charge in [0.1, 0.15) is 6.04 Å². The third-order valence-corrected chi connectivity index (χ3v) is 4.14. The van der Waals surface area contributed by atoms with E-state index in [1.54, 1.807) is 0 Å². The van der Waals surface area contributed by atoms with Gasteiger partial charge in [0.15, 0.2) is 0 Å². The second-order valence-corrected chi connectivity index (χ2v) is 5.64. The zero-order valence-corrected chi connectivity index (χ0v) is 13.5. The highest BCUT2D eigenvalue weighted by Crippen LogP contribution is 2.19. The summed E-state index contributed by atoms with van der Waals surface area (Å²) in [6.07, 6.45) is 7.06. The lowest BCUT2D eigenvalue weighted by molar-refractivity contribution is -0.146. The largest absolute Gasteiger partial charge is 0.465 e. The number of rotatable bonds is 9. The van der Waals surface area contributed by atoms with Gasteiger partial charge in [0.2, 0.25) is 0 Å². The molecule has 2 unspecified atom stereocenters. The molecule has 1 fully saturated rings. The van der Waals surface area contributed by atoms with E-state index in [9.17, 15) is 4.79 Å². The molecule has 1 saturated heterocycles. The van der Waals surface area contributed by atoms with Gasteiger partial charge >= 0.3 is 5.97 Å². The minimum atomic E-state index is -0.144. The van der Waals surface area contributed by atoms with Crippen LogP contribution in [0.3, 0.4) is 0 Å². The van der Waals surface area contributed by atoms with Gasteiger partial charge < -0.3 is 15.0 Å². The zero-order valence-electron chi connectivity index (χ0n) is 13.5. The second-order valence-electron chi connectivity index (χ2n) is 5.64. The lowest BCUT2D eigenvalue weighted by atomic mass is 9.99. The van der Waals surface area contributed by atoms with Gasteiger partial charge in [-0.3, -0.25) is 4.79 Å². The maximum atomic E-state index is 12.0. The Morgan fingerprint density at radius 3 is 2.80 bits per heavy atom. The molecule has 0 saturated carbocycles. The van der Waals surface area contributed by atoms with Crippen molar-refractivity contribution in [1.82, 2.24) is 10.2 Å². The van der Waals surface area contributed by atoms with Crippen LogP contribution in [0, 0.1) is 0 Å². The molecule has 20 heavy (non-hydrogen) atoms. The fraction of sp³-hybridized carbons (Fsp3) is 0.938. The summed E-state index contributed by atoms with van der Waals surface area (Å²) in [5, 5.41) is 3.33. The Labute approximate surface area is 124 Å². The number of piperidine rings is 1. The number of likely N-dealkylation sites (tertiary alicyclic amines) is 1. The molecule has 0 aromatic rings. The summed E-state index contributed by atoms with van der Waals surface area (Å²) in [7, 11) is 0. The average molecular weight is 284 g/mol. The molecule has 4 nitrogen and oxygen atoms in total. The summed E-state index contributed by atoms with van der Waals surface area (Å²) in [6, 6.07) is 0.562. The molecular formula is C16H32N2O2. The maximum absolute atomic E-state index is 12.0. The monoisotopic (exact) mass is 284 g/mol. The van der Waals surface area contributed by atoms with Gasteiger partial charge in [-0.1, -0.05) is 20.3 Å². The van der Waals surface area contributed by atoms with Crippen molar-refractivity contribution >= 4 is 5.97 Å². The summed E-state index contributed by atoms with van der Waals surface area (Å²) in [6.45, 7) is 9.77. The molecule has 0 aromatic carbocycles. The topological polar surface area (TPSA) is 41.6 Å². The molecule has 118 valence electrons. The predicted octanol–water partition coefficient (Wildman–Crippen LogP) is 2.57. The first-order valence-electron chi connectivity index (χ1n) is 8.36. The van der Waals surface area contributed by atoms with E-state index in [1.807, 2.05) is 6.92 Å². The highest BCUT2D eigenvalue weighted by molar-refractivity contribution is 5.75. The summed E-state index contributed by atoms with van der Waals surface area (Å²) >= 11 is 0. The van der Waals surface area contributed by atoms with Crippen LogP contribution in [-0.4, -0.2) is 49.2 Å². The molecule has 0 amide bonds. The van der Waals surface area contributed by atoms with Gasteiger partial charge in [-0.25, -0.2) is 0 Å². The molecule has 0 radical (unpaired) electrons. The van der Waals surface area contributed by atoms with Crippen LogP contribution in [0.5, 0.6) is 0 Å². The Kier molecular flexibility index (Phi) is 8.86. The van der Waals surface area contributed by atoms with Gasteiger partial charge in [0, 0.05) is 12.6 Å². The number of ether oxygens (including phenoxy) is 1. The summed E-state index contributed by atoms with van der Waals surface area (Å²) in [5.41, 5.74) is 0. The summed E-state index contributed by atoms with van der Waals surface area (Å²) in [5.74, 6) is -0.0917. The van der Waals surface area contributed by atoms with E-state index in [1.165, 1.54) is 32.2 Å². The highest BCUT2D eigenvalue weighted by Gasteiger charge is 2.24. The molecule has 0 bridgehead atoms. The zero-order chi connectivity index (χ0) is 14.8. The van der Waals surface area contributed by atoms with Crippen molar-refractivity contribution in [1.29, 1.82) is 0 Å². The van der Waals surface area contributed by atoms with Gasteiger partial charge in [-0.15, -0.1) is 0 Å². The molecule has 1 N–H and O–H groups in total. The first kappa shape index (κ1) is 17.4. The number of carbonyl (C=O) groups is 1. The number of nitrogens with zero attached hydrogens (tertiary/aromatic N) is 1. The van der Waals surface area contributed by atoms with Crippen LogP contribution < -0.4 is 5.32 Å². The molecule has 0 aliphatic carbocycles. The Morgan fingerprint density at radius 1 is 1.35 bits per heavy atom. The Hall–Kier alpha value is -0.610. The number of hydrogen-bond donors (Lipinski definition) is 1. The molecule has 2 atom stereocenters. The average Bonchev–Trinajstić information content (AvgIpc) is 2.48. The van der Waals surface area contributed by atoms with Crippen molar-refractivity contribution in [3.05, 3.63) is 0 Å². The third-order valence-electron chi connectivity index (χ3n) is 4.14. The third kappa shape index (κ3) is 5.80. The van der Waals surface area contributed by atoms with Crippen LogP contribution in [0.4, 0.5) is 0 Å². The van der Waals surface area contributed by atoms with Gasteiger partial charge in [0.05, 0.1) is 6.61 Å². The smallest absolute Gasteiger partial charge is 0.323 e. The minimum absolute atomic E-state index is 0.0917. The number of carbonyl (C=O) groups excluding carboxylic acids is 1. The van der Waals surface area contributed by atoms with Crippen LogP contribution in [-0.2, 0) is 9.53 Å². The molecular weight excluding hydrogens is 252 g/mol. The summed E-state index contributed by atoms with van der Waals surface area (Å²) < 4.78 is 5.17. The highest BCUT2D eigenvalue weighted by atomic mass is 16.5. The van der Waals surface area contributed by atoms with Crippen molar-refractivity contribution < 1.29 is 9.53 Å². The van der Waals surface area contributed by atoms with Crippen LogP contribution in [0.15, 0.2) is 0 Å². The van der Waals surface area contributed by atoms with Crippen molar-refractivity contribution in [2.24, 2.45) is 0 Å². The van der Waals surface area contributed by atoms with Crippen LogP contribution in [0.25, 0.3) is 0 Å². The molecule has 1 aliphatic rings. The minimum Gasteiger partial charge on any atom is -0.465 e. The second kappa shape index (κ2) is 10.2. The van der Waals surface area contributed by atoms with Gasteiger partial charge in [-0.2, -0.15) is 0 Å². The Balaban J connectivity index is 2.44. The first-order valence-corrected chi connectivity index (χ1v) is 8.36. The number of nitrogens with one attached hydrogen (secondary N) is 1. The van der Waals surface area contributed by atoms with E-state index < -0.39 is 0 Å². The van der Waals surface area contributed by atoms with E-state index in [2.05, 4.69) is 24.1 Å². The quantitative estimate of drug-likeness (QED) is 0.661. The van der Waals surface area contributed by atoms with Gasteiger partial charge in [0.25, 0.3) is 0 Å². The van der Waals surface area contributed by atoms with Crippen LogP contribution >= 0.6 is 0 Å². The summed E-state index contributed by atoms with van der Waals surface area (Å²) in [4.78, 5) is 14.5. The lowest BCUT2D eigenvalue weighted by Crippen LogP contribution is -2.45. The van der Waals surface area contributed by atoms with Crippen molar-refractivity contribution in [3.63, 3.8) is 0 Å². The predicted molar refractivity (Wildman–Crippen MR) is 82.8 cm³/mol. The number of hydrogen-bond acceptors (Lipinski definition) is 4. The van der Waals surface area contributed by atoms with E-state index >= 15 is 0 Å². The van der Waals surface area contributed by atoms with Gasteiger partial charge in [-0.05, 0) is 52.1 Å². The molecule has 1 aliphatic heterocycles. The van der Waals surface area contributed by atoms with E-state index in [0.29, 0.717) is 12.6 Å². The van der Waals surface area contributed by atoms with Crippen molar-refractivity contribution in [2.75, 3.05) is 26.2 Å². The number of esters is 1. The SMILES string of the molecule is CCCNC(CCN1CCCCC1CC)C(=O)OCC. The molecule has 0 aromatic heterocycles. The molecule has 1 rings (SSSR count). The Morgan fingerprint density at radius 2 is 2.15 bits per heavy atom. The van der Waals surface area contributed by atoms with E-state index in [-0.39, 0.29) is 12.0 Å². The maximum Gasteiger partial charge on any atom is 0.323 e. The van der Waals surface area contributed by atoms with Crippen LogP contribution in [0.2, 0.25) is 0 Å². The normalized spacial score (nSPS) is 21.6.